The molecular formula is C24H35N. The Labute approximate surface area is 154 Å². The Balaban J connectivity index is 1.61. The number of hydrogen-bond donors (Lipinski definition) is 0. The highest BCUT2D eigenvalue weighted by Crippen LogP contribution is 2.47. The molecule has 0 radical (unpaired) electrons. The molecule has 2 fully saturated rings. The quantitative estimate of drug-likeness (QED) is 0.579. The third kappa shape index (κ3) is 4.11. The number of nitriles is 1. The molecule has 0 spiro atoms. The molecule has 0 heterocycles. The van der Waals surface area contributed by atoms with Crippen LogP contribution < -0.4 is 0 Å². The van der Waals surface area contributed by atoms with Crippen molar-refractivity contribution in [2.24, 2.45) is 17.8 Å². The second-order valence-electron chi connectivity index (χ2n) is 8.67. The normalized spacial score (nSPS) is 32.9. The smallest absolute Gasteiger partial charge is 0.0822 e. The summed E-state index contributed by atoms with van der Waals surface area (Å²) in [6.07, 6.45) is 14.1. The maximum atomic E-state index is 9.98. The van der Waals surface area contributed by atoms with E-state index >= 15 is 0 Å². The average Bonchev–Trinajstić information content (AvgIpc) is 2.69. The number of nitrogens with zero attached hydrogens (tertiary/aromatic N) is 1. The second-order valence-corrected chi connectivity index (χ2v) is 8.67. The van der Waals surface area contributed by atoms with Crippen LogP contribution >= 0.6 is 0 Å². The van der Waals surface area contributed by atoms with E-state index < -0.39 is 0 Å². The van der Waals surface area contributed by atoms with Gasteiger partial charge in [-0.15, -0.1) is 0 Å². The Morgan fingerprint density at radius 1 is 0.920 bits per heavy atom. The molecule has 0 atom stereocenters. The molecule has 0 aromatic heterocycles. The molecule has 1 nitrogen and oxygen atoms in total. The van der Waals surface area contributed by atoms with Crippen LogP contribution in [0.2, 0.25) is 0 Å². The summed E-state index contributed by atoms with van der Waals surface area (Å²) in [7, 11) is 0. The molecule has 0 N–H and O–H groups in total. The van der Waals surface area contributed by atoms with Crippen molar-refractivity contribution in [1.82, 2.24) is 0 Å². The van der Waals surface area contributed by atoms with E-state index in [1.807, 2.05) is 0 Å². The van der Waals surface area contributed by atoms with Crippen molar-refractivity contribution in [3.63, 3.8) is 0 Å². The van der Waals surface area contributed by atoms with Gasteiger partial charge in [0.2, 0.25) is 0 Å². The van der Waals surface area contributed by atoms with E-state index in [4.69, 9.17) is 0 Å². The molecule has 0 amide bonds. The first-order valence-corrected chi connectivity index (χ1v) is 10.7. The summed E-state index contributed by atoms with van der Waals surface area (Å²) in [5.74, 6) is 2.80. The van der Waals surface area contributed by atoms with Gasteiger partial charge in [0.05, 0.1) is 11.5 Å². The lowest BCUT2D eigenvalue weighted by Gasteiger charge is -2.41. The van der Waals surface area contributed by atoms with Crippen LogP contribution in [0.4, 0.5) is 0 Å². The number of hydrogen-bond acceptors (Lipinski definition) is 1. The van der Waals surface area contributed by atoms with Crippen LogP contribution in [0.5, 0.6) is 0 Å². The van der Waals surface area contributed by atoms with Gasteiger partial charge in [-0.3, -0.25) is 0 Å². The van der Waals surface area contributed by atoms with Crippen molar-refractivity contribution in [3.05, 3.63) is 35.4 Å². The largest absolute Gasteiger partial charge is 0.197 e. The van der Waals surface area contributed by atoms with Crippen LogP contribution in [0.25, 0.3) is 0 Å². The standard InChI is InChI=1S/C24H35N/c1-3-5-20-8-12-23(13-9-20)24(18-25)16-14-22(15-17-24)21-10-6-19(4-2)7-11-21/h8-9,12-13,19,21-22H,3-7,10-11,14-17H2,1-2H3/t19?,21?,22-,24-. The van der Waals surface area contributed by atoms with Gasteiger partial charge in [0.15, 0.2) is 0 Å². The summed E-state index contributed by atoms with van der Waals surface area (Å²) in [5.41, 5.74) is 2.45. The van der Waals surface area contributed by atoms with Crippen LogP contribution in [0, 0.1) is 29.1 Å². The highest BCUT2D eigenvalue weighted by molar-refractivity contribution is 5.35. The molecule has 3 rings (SSSR count). The molecule has 0 saturated heterocycles. The SMILES string of the molecule is CCCc1ccc([C@]2(C#N)CC[C@@H](C3CCC(CC)CC3)CC2)cc1. The molecule has 0 unspecified atom stereocenters. The molecule has 2 saturated carbocycles. The van der Waals surface area contributed by atoms with E-state index in [2.05, 4.69) is 44.2 Å². The minimum atomic E-state index is -0.220. The Kier molecular flexibility index (Phi) is 6.21. The van der Waals surface area contributed by atoms with Crippen molar-refractivity contribution in [1.29, 1.82) is 5.26 Å². The van der Waals surface area contributed by atoms with Crippen molar-refractivity contribution < 1.29 is 0 Å². The molecular weight excluding hydrogens is 302 g/mol. The molecule has 2 aliphatic carbocycles. The monoisotopic (exact) mass is 337 g/mol. The van der Waals surface area contributed by atoms with Gasteiger partial charge in [-0.1, -0.05) is 63.8 Å². The minimum absolute atomic E-state index is 0.220. The molecule has 25 heavy (non-hydrogen) atoms. The summed E-state index contributed by atoms with van der Waals surface area (Å²) in [4.78, 5) is 0. The molecule has 2 aliphatic rings. The van der Waals surface area contributed by atoms with Gasteiger partial charge in [0.25, 0.3) is 0 Å². The van der Waals surface area contributed by atoms with Gasteiger partial charge in [-0.05, 0) is 73.8 Å². The number of benzene rings is 1. The fraction of sp³-hybridized carbons (Fsp3) is 0.708. The minimum Gasteiger partial charge on any atom is -0.197 e. The van der Waals surface area contributed by atoms with Crippen molar-refractivity contribution in [2.75, 3.05) is 0 Å². The van der Waals surface area contributed by atoms with Gasteiger partial charge >= 0.3 is 0 Å². The van der Waals surface area contributed by atoms with E-state index in [1.54, 1.807) is 0 Å². The number of rotatable bonds is 5. The van der Waals surface area contributed by atoms with Crippen LogP contribution in [0.3, 0.4) is 0 Å². The molecule has 1 aromatic rings. The zero-order valence-corrected chi connectivity index (χ0v) is 16.3. The van der Waals surface area contributed by atoms with Crippen LogP contribution in [-0.4, -0.2) is 0 Å². The second kappa shape index (κ2) is 8.39. The lowest BCUT2D eigenvalue weighted by atomic mass is 9.63. The summed E-state index contributed by atoms with van der Waals surface area (Å²) in [6.45, 7) is 4.57. The van der Waals surface area contributed by atoms with Crippen molar-refractivity contribution >= 4 is 0 Å². The third-order valence-corrected chi connectivity index (χ3v) is 7.28. The van der Waals surface area contributed by atoms with Crippen molar-refractivity contribution in [2.45, 2.75) is 89.9 Å². The lowest BCUT2D eigenvalue weighted by Crippen LogP contribution is -2.33. The molecule has 0 bridgehead atoms. The fourth-order valence-electron chi connectivity index (χ4n) is 5.42. The highest BCUT2D eigenvalue weighted by atomic mass is 14.4. The third-order valence-electron chi connectivity index (χ3n) is 7.28. The molecule has 1 heteroatoms. The first kappa shape index (κ1) is 18.5. The zero-order chi connectivity index (χ0) is 17.7. The Morgan fingerprint density at radius 3 is 2.04 bits per heavy atom. The van der Waals surface area contributed by atoms with Gasteiger partial charge in [-0.25, -0.2) is 0 Å². The van der Waals surface area contributed by atoms with Gasteiger partial charge in [-0.2, -0.15) is 5.26 Å². The average molecular weight is 338 g/mol. The zero-order valence-electron chi connectivity index (χ0n) is 16.3. The van der Waals surface area contributed by atoms with E-state index in [0.29, 0.717) is 0 Å². The van der Waals surface area contributed by atoms with Gasteiger partial charge < -0.3 is 0 Å². The van der Waals surface area contributed by atoms with Crippen LogP contribution in [0.15, 0.2) is 24.3 Å². The Bertz CT molecular complexity index is 563. The molecule has 0 aliphatic heterocycles. The topological polar surface area (TPSA) is 23.8 Å². The van der Waals surface area contributed by atoms with E-state index in [9.17, 15) is 5.26 Å². The molecule has 136 valence electrons. The number of aryl methyl sites for hydroxylation is 1. The van der Waals surface area contributed by atoms with Gasteiger partial charge in [0.1, 0.15) is 0 Å². The maximum Gasteiger partial charge on any atom is 0.0822 e. The first-order chi connectivity index (χ1) is 12.2. The van der Waals surface area contributed by atoms with Crippen LogP contribution in [0.1, 0.15) is 89.2 Å². The summed E-state index contributed by atoms with van der Waals surface area (Å²) in [6, 6.07) is 11.7. The van der Waals surface area contributed by atoms with E-state index in [0.717, 1.165) is 37.0 Å². The summed E-state index contributed by atoms with van der Waals surface area (Å²) >= 11 is 0. The lowest BCUT2D eigenvalue weighted by molar-refractivity contribution is 0.146. The van der Waals surface area contributed by atoms with E-state index in [-0.39, 0.29) is 5.41 Å². The van der Waals surface area contributed by atoms with Gasteiger partial charge in [0, 0.05) is 0 Å². The van der Waals surface area contributed by atoms with Crippen LogP contribution in [-0.2, 0) is 11.8 Å². The van der Waals surface area contributed by atoms with E-state index in [1.165, 1.54) is 62.5 Å². The predicted octanol–water partition coefficient (Wildman–Crippen LogP) is 6.81. The van der Waals surface area contributed by atoms with Crippen molar-refractivity contribution in [3.8, 4) is 6.07 Å². The highest BCUT2D eigenvalue weighted by Gasteiger charge is 2.39. The first-order valence-electron chi connectivity index (χ1n) is 10.7. The predicted molar refractivity (Wildman–Crippen MR) is 105 cm³/mol. The Morgan fingerprint density at radius 2 is 1.52 bits per heavy atom. The summed E-state index contributed by atoms with van der Waals surface area (Å²) in [5, 5.41) is 9.98. The maximum absolute atomic E-state index is 9.98. The molecule has 1 aromatic carbocycles. The Hall–Kier alpha value is -1.29. The summed E-state index contributed by atoms with van der Waals surface area (Å²) < 4.78 is 0. The fourth-order valence-corrected chi connectivity index (χ4v) is 5.42.